The zero-order valence-electron chi connectivity index (χ0n) is 22.0. The summed E-state index contributed by atoms with van der Waals surface area (Å²) >= 11 is 12.8. The molecule has 3 atom stereocenters. The van der Waals surface area contributed by atoms with Crippen LogP contribution < -0.4 is 5.32 Å². The lowest BCUT2D eigenvalue weighted by atomic mass is 9.58. The molecule has 7 nitrogen and oxygen atoms in total. The van der Waals surface area contributed by atoms with E-state index < -0.39 is 17.4 Å². The van der Waals surface area contributed by atoms with Gasteiger partial charge in [-0.1, -0.05) is 65.7 Å². The summed E-state index contributed by atoms with van der Waals surface area (Å²) in [5.41, 5.74) is 2.64. The zero-order chi connectivity index (χ0) is 28.0. The number of nitrogens with one attached hydrogen (secondary N) is 1. The van der Waals surface area contributed by atoms with Gasteiger partial charge in [-0.15, -0.1) is 0 Å². The Morgan fingerprint density at radius 2 is 1.75 bits per heavy atom. The van der Waals surface area contributed by atoms with Crippen molar-refractivity contribution in [2.24, 2.45) is 0 Å². The van der Waals surface area contributed by atoms with Crippen molar-refractivity contribution in [3.63, 3.8) is 0 Å². The van der Waals surface area contributed by atoms with Gasteiger partial charge in [0.1, 0.15) is 12.0 Å². The molecule has 0 unspecified atom stereocenters. The van der Waals surface area contributed by atoms with Gasteiger partial charge in [0.25, 0.3) is 0 Å². The van der Waals surface area contributed by atoms with Crippen molar-refractivity contribution >= 4 is 46.6 Å². The molecule has 1 N–H and O–H groups in total. The Morgan fingerprint density at radius 1 is 1.00 bits per heavy atom. The maximum atomic E-state index is 14.5. The summed E-state index contributed by atoms with van der Waals surface area (Å²) in [6.07, 6.45) is 0.0363. The Bertz CT molecular complexity index is 1510. The summed E-state index contributed by atoms with van der Waals surface area (Å²) in [6, 6.07) is 19.7. The fourth-order valence-corrected chi connectivity index (χ4v) is 7.00. The number of hydrogen-bond acceptors (Lipinski definition) is 4. The Balaban J connectivity index is 1.59. The first-order valence-electron chi connectivity index (χ1n) is 13.4. The number of rotatable bonds is 4. The second kappa shape index (κ2) is 10.5. The number of piperidine rings is 1. The molecule has 0 radical (unpaired) electrons. The third-order valence-electron chi connectivity index (χ3n) is 8.45. The van der Waals surface area contributed by atoms with Crippen molar-refractivity contribution in [1.29, 1.82) is 0 Å². The number of ether oxygens (including phenoxy) is 1. The second-order valence-electron chi connectivity index (χ2n) is 10.6. The monoisotopic (exact) mass is 577 g/mol. The van der Waals surface area contributed by atoms with Crippen LogP contribution in [-0.4, -0.2) is 60.4 Å². The lowest BCUT2D eigenvalue weighted by molar-refractivity contribution is -0.152. The van der Waals surface area contributed by atoms with Crippen LogP contribution in [0.1, 0.15) is 40.6 Å². The number of hydrogen-bond donors (Lipinski definition) is 1. The van der Waals surface area contributed by atoms with E-state index >= 15 is 0 Å². The number of fused-ring (bicyclic) bond motifs is 2. The topological polar surface area (TPSA) is 79.0 Å². The largest absolute Gasteiger partial charge is 0.378 e. The quantitative estimate of drug-likeness (QED) is 0.467. The van der Waals surface area contributed by atoms with Gasteiger partial charge in [0, 0.05) is 41.2 Å². The van der Waals surface area contributed by atoms with E-state index in [1.54, 1.807) is 28.0 Å². The summed E-state index contributed by atoms with van der Waals surface area (Å²) in [6.45, 7) is 3.67. The van der Waals surface area contributed by atoms with Crippen LogP contribution in [0.3, 0.4) is 0 Å². The van der Waals surface area contributed by atoms with Crippen LogP contribution in [0, 0.1) is 6.92 Å². The van der Waals surface area contributed by atoms with Gasteiger partial charge >= 0.3 is 0 Å². The van der Waals surface area contributed by atoms with E-state index in [2.05, 4.69) is 5.32 Å². The van der Waals surface area contributed by atoms with Crippen molar-refractivity contribution in [1.82, 2.24) is 9.80 Å². The number of carbonyl (C=O) groups is 3. The summed E-state index contributed by atoms with van der Waals surface area (Å²) in [5.74, 6) is -1.14. The van der Waals surface area contributed by atoms with Gasteiger partial charge in [0.15, 0.2) is 0 Å². The molecule has 3 amide bonds. The summed E-state index contributed by atoms with van der Waals surface area (Å²) in [4.78, 5) is 45.5. The van der Waals surface area contributed by atoms with Crippen molar-refractivity contribution < 1.29 is 19.1 Å². The third-order valence-corrected chi connectivity index (χ3v) is 8.92. The Kier molecular flexibility index (Phi) is 7.07. The van der Waals surface area contributed by atoms with Gasteiger partial charge < -0.3 is 19.9 Å². The minimum Gasteiger partial charge on any atom is -0.378 e. The average Bonchev–Trinajstić information content (AvgIpc) is 3.22. The molecule has 3 aliphatic rings. The third kappa shape index (κ3) is 4.37. The maximum Gasteiger partial charge on any atom is 0.242 e. The lowest BCUT2D eigenvalue weighted by Gasteiger charge is -2.52. The van der Waals surface area contributed by atoms with Crippen molar-refractivity contribution in [3.05, 3.63) is 99.0 Å². The van der Waals surface area contributed by atoms with Gasteiger partial charge in [-0.05, 0) is 53.4 Å². The van der Waals surface area contributed by atoms with Crippen LogP contribution in [0.5, 0.6) is 0 Å². The first-order chi connectivity index (χ1) is 19.3. The number of halogens is 2. The van der Waals surface area contributed by atoms with Crippen molar-refractivity contribution in [3.8, 4) is 0 Å². The number of amides is 3. The maximum absolute atomic E-state index is 14.5. The Morgan fingerprint density at radius 3 is 2.50 bits per heavy atom. The smallest absolute Gasteiger partial charge is 0.242 e. The molecule has 0 saturated carbocycles. The molecule has 40 heavy (non-hydrogen) atoms. The highest BCUT2D eigenvalue weighted by molar-refractivity contribution is 6.31. The van der Waals surface area contributed by atoms with Crippen molar-refractivity contribution in [2.45, 2.75) is 30.7 Å². The summed E-state index contributed by atoms with van der Waals surface area (Å²) in [7, 11) is 0. The van der Waals surface area contributed by atoms with Crippen LogP contribution >= 0.6 is 23.2 Å². The van der Waals surface area contributed by atoms with E-state index in [1.165, 1.54) is 0 Å². The molecule has 1 spiro atoms. The van der Waals surface area contributed by atoms with Crippen LogP contribution in [0.15, 0.2) is 66.7 Å². The molecule has 3 aromatic rings. The normalized spacial score (nSPS) is 24.3. The molecule has 206 valence electrons. The number of aryl methyl sites for hydroxylation is 1. The van der Waals surface area contributed by atoms with Crippen LogP contribution in [-0.2, 0) is 24.5 Å². The first kappa shape index (κ1) is 26.8. The van der Waals surface area contributed by atoms with E-state index in [4.69, 9.17) is 27.9 Å². The van der Waals surface area contributed by atoms with E-state index in [0.29, 0.717) is 42.0 Å². The fraction of sp³-hybridized carbons (Fsp3) is 0.323. The molecular formula is C31H29Cl2N3O4. The van der Waals surface area contributed by atoms with E-state index in [-0.39, 0.29) is 30.7 Å². The van der Waals surface area contributed by atoms with Gasteiger partial charge in [-0.3, -0.25) is 14.4 Å². The van der Waals surface area contributed by atoms with E-state index in [1.807, 2.05) is 55.5 Å². The molecule has 0 bridgehead atoms. The molecular weight excluding hydrogens is 549 g/mol. The molecule has 2 fully saturated rings. The first-order valence-corrected chi connectivity index (χ1v) is 14.1. The molecule has 6 rings (SSSR count). The minimum absolute atomic E-state index is 0.0363. The SMILES string of the molecule is Cc1ccccc1[C@H]1N(CC(=O)N2CCOCC2)C(=O)C[C@@H](c2cccc(Cl)c2)[C@]12C(=O)Nc1cc(Cl)ccc12. The van der Waals surface area contributed by atoms with Crippen LogP contribution in [0.2, 0.25) is 10.0 Å². The second-order valence-corrected chi connectivity index (χ2v) is 11.5. The molecule has 3 heterocycles. The highest BCUT2D eigenvalue weighted by Gasteiger charge is 2.63. The molecule has 2 saturated heterocycles. The molecule has 3 aliphatic heterocycles. The van der Waals surface area contributed by atoms with Gasteiger partial charge in [-0.2, -0.15) is 0 Å². The average molecular weight is 578 g/mol. The van der Waals surface area contributed by atoms with E-state index in [9.17, 15) is 14.4 Å². The predicted molar refractivity (Wildman–Crippen MR) is 154 cm³/mol. The van der Waals surface area contributed by atoms with Gasteiger partial charge in [0.2, 0.25) is 17.7 Å². The molecule has 0 aliphatic carbocycles. The number of morpholine rings is 1. The highest BCUT2D eigenvalue weighted by Crippen LogP contribution is 2.60. The number of nitrogens with zero attached hydrogens (tertiary/aromatic N) is 2. The van der Waals surface area contributed by atoms with E-state index in [0.717, 1.165) is 22.3 Å². The molecule has 9 heteroatoms. The Hall–Kier alpha value is -3.39. The minimum atomic E-state index is -1.24. The van der Waals surface area contributed by atoms with Crippen LogP contribution in [0.25, 0.3) is 0 Å². The number of benzene rings is 3. The fourth-order valence-electron chi connectivity index (χ4n) is 6.63. The number of anilines is 1. The molecule has 0 aromatic heterocycles. The van der Waals surface area contributed by atoms with Gasteiger partial charge in [0.05, 0.1) is 19.3 Å². The van der Waals surface area contributed by atoms with Crippen LogP contribution in [0.4, 0.5) is 5.69 Å². The van der Waals surface area contributed by atoms with Gasteiger partial charge in [-0.25, -0.2) is 0 Å². The summed E-state index contributed by atoms with van der Waals surface area (Å²) in [5, 5.41) is 4.09. The number of likely N-dealkylation sites (tertiary alicyclic amines) is 1. The Labute approximate surface area is 243 Å². The zero-order valence-corrected chi connectivity index (χ0v) is 23.5. The lowest BCUT2D eigenvalue weighted by Crippen LogP contribution is -2.60. The highest BCUT2D eigenvalue weighted by atomic mass is 35.5. The number of carbonyl (C=O) groups excluding carboxylic acids is 3. The molecule has 3 aromatic carbocycles. The summed E-state index contributed by atoms with van der Waals surface area (Å²) < 4.78 is 5.43. The standard InChI is InChI=1S/C31H29Cl2N3O4/c1-19-5-2-3-8-23(19)29-31(24-10-9-22(33)16-26(24)34-30(31)39)25(20-6-4-7-21(32)15-20)17-27(37)36(29)18-28(38)35-11-13-40-14-12-35/h2-10,15-16,25,29H,11-14,17-18H2,1H3,(H,34,39)/t25-,29+,31-/m0/s1. The van der Waals surface area contributed by atoms with Crippen molar-refractivity contribution in [2.75, 3.05) is 38.2 Å². The predicted octanol–water partition coefficient (Wildman–Crippen LogP) is 5.11.